The first kappa shape index (κ1) is 13.0. The van der Waals surface area contributed by atoms with Crippen molar-refractivity contribution >= 4 is 17.5 Å². The molecule has 1 aliphatic rings. The number of rotatable bonds is 2. The standard InChI is InChI=1S/C12H9ClF2N4O/c13-8-9(6-1-2-16-5-7(6)11(14)15)18-19-4-3-17-12(20)10(8)19/h1-2,5,11H,3-4H2,(H,17,20). The molecule has 1 aliphatic heterocycles. The number of aromatic nitrogens is 3. The second kappa shape index (κ2) is 4.82. The molecule has 3 heterocycles. The van der Waals surface area contributed by atoms with Crippen LogP contribution < -0.4 is 5.32 Å². The van der Waals surface area contributed by atoms with Crippen LogP contribution in [0.25, 0.3) is 11.3 Å². The zero-order valence-corrected chi connectivity index (χ0v) is 10.9. The van der Waals surface area contributed by atoms with Crippen molar-refractivity contribution in [1.29, 1.82) is 0 Å². The highest BCUT2D eigenvalue weighted by atomic mass is 35.5. The maximum absolute atomic E-state index is 13.0. The number of nitrogens with one attached hydrogen (secondary N) is 1. The van der Waals surface area contributed by atoms with Crippen molar-refractivity contribution in [2.75, 3.05) is 6.54 Å². The second-order valence-corrected chi connectivity index (χ2v) is 4.63. The van der Waals surface area contributed by atoms with Crippen LogP contribution in [0.1, 0.15) is 22.5 Å². The summed E-state index contributed by atoms with van der Waals surface area (Å²) in [5.41, 5.74) is 0.307. The van der Waals surface area contributed by atoms with E-state index in [0.29, 0.717) is 13.1 Å². The SMILES string of the molecule is O=C1NCCn2nc(-c3ccncc3C(F)F)c(Cl)c21. The fourth-order valence-corrected chi connectivity index (χ4v) is 2.47. The van der Waals surface area contributed by atoms with Crippen LogP contribution in [-0.4, -0.2) is 27.2 Å². The minimum Gasteiger partial charge on any atom is -0.349 e. The summed E-state index contributed by atoms with van der Waals surface area (Å²) in [5, 5.41) is 6.89. The van der Waals surface area contributed by atoms with Gasteiger partial charge in [-0.2, -0.15) is 5.10 Å². The first-order valence-electron chi connectivity index (χ1n) is 5.86. The van der Waals surface area contributed by atoms with E-state index < -0.39 is 6.43 Å². The molecule has 5 nitrogen and oxygen atoms in total. The number of pyridine rings is 1. The molecule has 0 radical (unpaired) electrons. The molecule has 2 aromatic heterocycles. The fourth-order valence-electron chi connectivity index (χ4n) is 2.15. The quantitative estimate of drug-likeness (QED) is 0.925. The Hall–Kier alpha value is -2.02. The Morgan fingerprint density at radius 3 is 2.95 bits per heavy atom. The predicted molar refractivity (Wildman–Crippen MR) is 67.8 cm³/mol. The van der Waals surface area contributed by atoms with Gasteiger partial charge in [-0.25, -0.2) is 8.78 Å². The molecule has 0 saturated heterocycles. The van der Waals surface area contributed by atoms with Crippen LogP contribution in [0.3, 0.4) is 0 Å². The van der Waals surface area contributed by atoms with E-state index in [1.807, 2.05) is 0 Å². The van der Waals surface area contributed by atoms with Crippen molar-refractivity contribution in [3.05, 3.63) is 34.7 Å². The lowest BCUT2D eigenvalue weighted by atomic mass is 10.1. The lowest BCUT2D eigenvalue weighted by Gasteiger charge is -2.13. The van der Waals surface area contributed by atoms with Crippen molar-refractivity contribution < 1.29 is 13.6 Å². The zero-order valence-electron chi connectivity index (χ0n) is 10.1. The fraction of sp³-hybridized carbons (Fsp3) is 0.250. The van der Waals surface area contributed by atoms with E-state index in [1.165, 1.54) is 16.9 Å². The number of amides is 1. The van der Waals surface area contributed by atoms with Gasteiger partial charge in [0.05, 0.1) is 11.6 Å². The summed E-state index contributed by atoms with van der Waals surface area (Å²) >= 11 is 6.14. The van der Waals surface area contributed by atoms with E-state index in [9.17, 15) is 13.6 Å². The highest BCUT2D eigenvalue weighted by Gasteiger charge is 2.28. The van der Waals surface area contributed by atoms with Crippen LogP contribution in [-0.2, 0) is 6.54 Å². The minimum atomic E-state index is -2.69. The van der Waals surface area contributed by atoms with Crippen molar-refractivity contribution in [2.24, 2.45) is 0 Å². The molecular weight excluding hydrogens is 290 g/mol. The largest absolute Gasteiger partial charge is 0.349 e. The van der Waals surface area contributed by atoms with Crippen LogP contribution in [0.2, 0.25) is 5.02 Å². The first-order chi connectivity index (χ1) is 9.59. The monoisotopic (exact) mass is 298 g/mol. The van der Waals surface area contributed by atoms with E-state index in [1.54, 1.807) is 0 Å². The van der Waals surface area contributed by atoms with Gasteiger partial charge in [-0.15, -0.1) is 0 Å². The summed E-state index contributed by atoms with van der Waals surface area (Å²) in [4.78, 5) is 15.4. The van der Waals surface area contributed by atoms with E-state index >= 15 is 0 Å². The van der Waals surface area contributed by atoms with Gasteiger partial charge in [0.2, 0.25) is 0 Å². The molecule has 8 heteroatoms. The number of hydrogen-bond acceptors (Lipinski definition) is 3. The number of nitrogens with zero attached hydrogens (tertiary/aromatic N) is 3. The van der Waals surface area contributed by atoms with Crippen LogP contribution >= 0.6 is 11.6 Å². The average Bonchev–Trinajstić information content (AvgIpc) is 2.77. The highest BCUT2D eigenvalue weighted by molar-refractivity contribution is 6.36. The first-order valence-corrected chi connectivity index (χ1v) is 6.24. The molecule has 0 saturated carbocycles. The second-order valence-electron chi connectivity index (χ2n) is 4.25. The van der Waals surface area contributed by atoms with Gasteiger partial charge in [0.1, 0.15) is 11.4 Å². The van der Waals surface area contributed by atoms with Crippen molar-refractivity contribution in [1.82, 2.24) is 20.1 Å². The summed E-state index contributed by atoms with van der Waals surface area (Å²) in [7, 11) is 0. The van der Waals surface area contributed by atoms with Crippen LogP contribution in [0.5, 0.6) is 0 Å². The smallest absolute Gasteiger partial charge is 0.271 e. The number of carbonyl (C=O) groups excluding carboxylic acids is 1. The summed E-state index contributed by atoms with van der Waals surface area (Å²) in [6.07, 6.45) is -0.229. The van der Waals surface area contributed by atoms with Crippen LogP contribution in [0.4, 0.5) is 8.78 Å². The lowest BCUT2D eigenvalue weighted by molar-refractivity contribution is 0.0924. The number of hydrogen-bond donors (Lipinski definition) is 1. The average molecular weight is 299 g/mol. The molecule has 0 bridgehead atoms. The molecule has 1 N–H and O–H groups in total. The molecule has 0 fully saturated rings. The number of carbonyl (C=O) groups is 1. The zero-order chi connectivity index (χ0) is 14.3. The van der Waals surface area contributed by atoms with Gasteiger partial charge in [0.25, 0.3) is 12.3 Å². The Kier molecular flexibility index (Phi) is 3.13. The van der Waals surface area contributed by atoms with E-state index in [-0.39, 0.29) is 33.4 Å². The van der Waals surface area contributed by atoms with Gasteiger partial charge in [0.15, 0.2) is 0 Å². The van der Waals surface area contributed by atoms with E-state index in [4.69, 9.17) is 11.6 Å². The van der Waals surface area contributed by atoms with Crippen molar-refractivity contribution in [3.8, 4) is 11.3 Å². The number of fused-ring (bicyclic) bond motifs is 1. The van der Waals surface area contributed by atoms with E-state index in [0.717, 1.165) is 6.20 Å². The molecule has 0 unspecified atom stereocenters. The molecule has 3 rings (SSSR count). The topological polar surface area (TPSA) is 59.8 Å². The molecule has 2 aromatic rings. The Balaban J connectivity index is 2.19. The summed E-state index contributed by atoms with van der Waals surface area (Å²) < 4.78 is 27.5. The third-order valence-corrected chi connectivity index (χ3v) is 3.42. The van der Waals surface area contributed by atoms with Gasteiger partial charge in [-0.1, -0.05) is 11.6 Å². The Morgan fingerprint density at radius 1 is 1.45 bits per heavy atom. The maximum atomic E-state index is 13.0. The van der Waals surface area contributed by atoms with Crippen molar-refractivity contribution in [3.63, 3.8) is 0 Å². The van der Waals surface area contributed by atoms with Gasteiger partial charge in [-0.05, 0) is 6.07 Å². The predicted octanol–water partition coefficient (Wildman–Crippen LogP) is 2.28. The Morgan fingerprint density at radius 2 is 2.25 bits per heavy atom. The number of halogens is 3. The molecule has 0 atom stereocenters. The summed E-state index contributed by atoms with van der Waals surface area (Å²) in [5.74, 6) is -0.354. The van der Waals surface area contributed by atoms with Gasteiger partial charge < -0.3 is 5.32 Å². The molecule has 0 aliphatic carbocycles. The molecule has 0 spiro atoms. The molecular formula is C12H9ClF2N4O. The lowest BCUT2D eigenvalue weighted by Crippen LogP contribution is -2.35. The van der Waals surface area contributed by atoms with Crippen LogP contribution in [0.15, 0.2) is 18.5 Å². The highest BCUT2D eigenvalue weighted by Crippen LogP contribution is 2.35. The molecule has 104 valence electrons. The van der Waals surface area contributed by atoms with E-state index in [2.05, 4.69) is 15.4 Å². The minimum absolute atomic E-state index is 0.0790. The molecule has 20 heavy (non-hydrogen) atoms. The number of alkyl halides is 2. The Bertz CT molecular complexity index is 686. The maximum Gasteiger partial charge on any atom is 0.271 e. The van der Waals surface area contributed by atoms with Gasteiger partial charge in [-0.3, -0.25) is 14.5 Å². The normalized spacial score (nSPS) is 14.3. The molecule has 1 amide bonds. The summed E-state index contributed by atoms with van der Waals surface area (Å²) in [6.45, 7) is 0.886. The third-order valence-electron chi connectivity index (χ3n) is 3.06. The van der Waals surface area contributed by atoms with Gasteiger partial charge >= 0.3 is 0 Å². The van der Waals surface area contributed by atoms with Crippen LogP contribution in [0, 0.1) is 0 Å². The summed E-state index contributed by atoms with van der Waals surface area (Å²) in [6, 6.07) is 1.42. The third kappa shape index (κ3) is 1.94. The Labute approximate surface area is 117 Å². The molecule has 0 aromatic carbocycles. The van der Waals surface area contributed by atoms with Crippen molar-refractivity contribution in [2.45, 2.75) is 13.0 Å². The van der Waals surface area contributed by atoms with Gasteiger partial charge in [0, 0.05) is 30.1 Å².